The molecule has 29 heavy (non-hydrogen) atoms. The lowest BCUT2D eigenvalue weighted by Gasteiger charge is -2.04. The molecule has 1 rings (SSSR count). The Bertz CT molecular complexity index is 716. The van der Waals surface area contributed by atoms with E-state index < -0.39 is 0 Å². The molecule has 0 atom stereocenters. The van der Waals surface area contributed by atoms with Crippen LogP contribution in [0.3, 0.4) is 0 Å². The smallest absolute Gasteiger partial charge is 0.286 e. The molecule has 0 fully saturated rings. The number of amides is 2. The predicted molar refractivity (Wildman–Crippen MR) is 124 cm³/mol. The highest BCUT2D eigenvalue weighted by Crippen LogP contribution is 2.19. The molecule has 0 unspecified atom stereocenters. The Balaban J connectivity index is 1.99. The van der Waals surface area contributed by atoms with Crippen molar-refractivity contribution in [3.63, 3.8) is 0 Å². The Morgan fingerprint density at radius 3 is 2.34 bits per heavy atom. The molecule has 0 radical (unpaired) electrons. The van der Waals surface area contributed by atoms with Crippen LogP contribution >= 0.6 is 21.6 Å². The summed E-state index contributed by atoms with van der Waals surface area (Å²) in [4.78, 5) is 27.6. The summed E-state index contributed by atoms with van der Waals surface area (Å²) in [7, 11) is 3.36. The van der Waals surface area contributed by atoms with Gasteiger partial charge in [-0.05, 0) is 38.0 Å². The van der Waals surface area contributed by atoms with Gasteiger partial charge in [-0.2, -0.15) is 4.57 Å². The molecule has 0 aliphatic carbocycles. The van der Waals surface area contributed by atoms with E-state index in [2.05, 4.69) is 15.6 Å². The first kappa shape index (κ1) is 25.0. The lowest BCUT2D eigenvalue weighted by atomic mass is 10.3. The van der Waals surface area contributed by atoms with Gasteiger partial charge >= 0.3 is 0 Å². The highest BCUT2D eigenvalue weighted by atomic mass is 33.1. The number of rotatable bonds is 13. The van der Waals surface area contributed by atoms with E-state index in [-0.39, 0.29) is 18.4 Å². The highest BCUT2D eigenvalue weighted by Gasteiger charge is 2.07. The molecular formula is C21H31N4O2S2+. The van der Waals surface area contributed by atoms with Crippen LogP contribution in [0, 0.1) is 6.92 Å². The van der Waals surface area contributed by atoms with Gasteiger partial charge in [0.25, 0.3) is 5.91 Å². The third-order valence-corrected chi connectivity index (χ3v) is 6.00. The molecule has 0 saturated carbocycles. The second-order valence-electron chi connectivity index (χ2n) is 6.29. The Hall–Kier alpha value is -2.06. The largest absolute Gasteiger partial charge is 0.354 e. The maximum absolute atomic E-state index is 11.9. The van der Waals surface area contributed by atoms with E-state index >= 15 is 0 Å². The van der Waals surface area contributed by atoms with Crippen molar-refractivity contribution in [3.05, 3.63) is 53.9 Å². The van der Waals surface area contributed by atoms with Crippen molar-refractivity contribution in [2.75, 3.05) is 31.1 Å². The van der Waals surface area contributed by atoms with E-state index in [9.17, 15) is 9.59 Å². The van der Waals surface area contributed by atoms with Gasteiger partial charge in [0.2, 0.25) is 12.5 Å². The number of aromatic nitrogens is 1. The summed E-state index contributed by atoms with van der Waals surface area (Å²) in [5, 5.41) is 5.75. The topological polar surface area (TPSA) is 74.4 Å². The molecule has 6 nitrogen and oxygen atoms in total. The molecule has 1 aromatic heterocycles. The van der Waals surface area contributed by atoms with Gasteiger partial charge in [-0.1, -0.05) is 33.7 Å². The van der Waals surface area contributed by atoms with Gasteiger partial charge in [0, 0.05) is 42.9 Å². The molecule has 0 spiro atoms. The Labute approximate surface area is 181 Å². The van der Waals surface area contributed by atoms with Gasteiger partial charge in [-0.15, -0.1) is 0 Å². The molecule has 0 aliphatic rings. The number of aliphatic imine (C=N–C) groups is 1. The fraction of sp³-hybridized carbons (Fsp3) is 0.429. The maximum Gasteiger partial charge on any atom is 0.286 e. The number of allylic oxidation sites excluding steroid dienone is 4. The van der Waals surface area contributed by atoms with Gasteiger partial charge in [0.1, 0.15) is 6.54 Å². The normalized spacial score (nSPS) is 11.9. The van der Waals surface area contributed by atoms with E-state index in [0.717, 1.165) is 17.1 Å². The lowest BCUT2D eigenvalue weighted by molar-refractivity contribution is -0.684. The average Bonchev–Trinajstić information content (AvgIpc) is 2.69. The molecule has 0 aromatic carbocycles. The summed E-state index contributed by atoms with van der Waals surface area (Å²) in [5.41, 5.74) is 2.27. The zero-order valence-corrected chi connectivity index (χ0v) is 19.0. The van der Waals surface area contributed by atoms with Crippen LogP contribution < -0.4 is 15.2 Å². The number of nitrogens with zero attached hydrogens (tertiary/aromatic N) is 2. The number of carbonyl (C=O) groups excluding carboxylic acids is 2. The second-order valence-corrected chi connectivity index (χ2v) is 8.99. The standard InChI is InChI=1S/C21H30N4O2S2/c1-4-5-18(2)6-9-22-16-20(26)23-10-14-28-29-15-11-24-21(27)17-25-12-7-19(3)8-13-25/h4-9,12-13H,10-11,14-17H2,1-3H3,(H-,23,24,26,27)/p+1/b5-4-,18-6-,22-9?. The average molecular weight is 436 g/mol. The molecule has 2 N–H and O–H groups in total. The minimum Gasteiger partial charge on any atom is -0.354 e. The molecule has 0 aliphatic heterocycles. The van der Waals surface area contributed by atoms with Crippen LogP contribution in [0.15, 0.2) is 53.3 Å². The van der Waals surface area contributed by atoms with Gasteiger partial charge in [-0.3, -0.25) is 14.6 Å². The van der Waals surface area contributed by atoms with Crippen molar-refractivity contribution in [1.82, 2.24) is 10.6 Å². The number of aryl methyl sites for hydroxylation is 1. The van der Waals surface area contributed by atoms with Crippen LogP contribution in [0.2, 0.25) is 0 Å². The van der Waals surface area contributed by atoms with Crippen LogP contribution in [-0.2, 0) is 16.1 Å². The summed E-state index contributed by atoms with van der Waals surface area (Å²) in [6.07, 6.45) is 11.3. The molecule has 158 valence electrons. The molecule has 0 bridgehead atoms. The van der Waals surface area contributed by atoms with Crippen molar-refractivity contribution in [2.45, 2.75) is 27.3 Å². The first-order chi connectivity index (χ1) is 14.0. The van der Waals surface area contributed by atoms with Crippen molar-refractivity contribution in [2.24, 2.45) is 4.99 Å². The van der Waals surface area contributed by atoms with E-state index in [1.54, 1.807) is 27.8 Å². The van der Waals surface area contributed by atoms with Crippen LogP contribution in [0.25, 0.3) is 0 Å². The van der Waals surface area contributed by atoms with Crippen molar-refractivity contribution < 1.29 is 14.2 Å². The summed E-state index contributed by atoms with van der Waals surface area (Å²) < 4.78 is 1.86. The zero-order valence-electron chi connectivity index (χ0n) is 17.4. The fourth-order valence-electron chi connectivity index (χ4n) is 2.12. The summed E-state index contributed by atoms with van der Waals surface area (Å²) in [6.45, 7) is 7.67. The quantitative estimate of drug-likeness (QED) is 0.164. The van der Waals surface area contributed by atoms with Crippen LogP contribution in [0.1, 0.15) is 19.4 Å². The number of pyridine rings is 1. The zero-order chi connectivity index (χ0) is 21.3. The minimum absolute atomic E-state index is 0.00743. The van der Waals surface area contributed by atoms with E-state index in [1.165, 1.54) is 5.56 Å². The van der Waals surface area contributed by atoms with Crippen molar-refractivity contribution >= 4 is 39.6 Å². The first-order valence-electron chi connectivity index (χ1n) is 9.54. The molecular weight excluding hydrogens is 404 g/mol. The predicted octanol–water partition coefficient (Wildman–Crippen LogP) is 2.49. The fourth-order valence-corrected chi connectivity index (χ4v) is 3.93. The number of hydrogen-bond acceptors (Lipinski definition) is 5. The highest BCUT2D eigenvalue weighted by molar-refractivity contribution is 8.76. The van der Waals surface area contributed by atoms with E-state index in [4.69, 9.17) is 0 Å². The second kappa shape index (κ2) is 15.8. The number of nitrogens with one attached hydrogen (secondary N) is 2. The van der Waals surface area contributed by atoms with E-state index in [1.807, 2.05) is 68.1 Å². The molecule has 2 amide bonds. The molecule has 1 aromatic rings. The van der Waals surface area contributed by atoms with Crippen LogP contribution in [-0.4, -0.2) is 49.2 Å². The summed E-state index contributed by atoms with van der Waals surface area (Å²) in [6, 6.07) is 3.96. The number of hydrogen-bond donors (Lipinski definition) is 2. The third-order valence-electron chi connectivity index (χ3n) is 3.59. The third kappa shape index (κ3) is 13.7. The van der Waals surface area contributed by atoms with Crippen LogP contribution in [0.4, 0.5) is 0 Å². The molecule has 1 heterocycles. The van der Waals surface area contributed by atoms with Crippen molar-refractivity contribution in [1.29, 1.82) is 0 Å². The Kier molecular flexibility index (Phi) is 13.6. The van der Waals surface area contributed by atoms with Gasteiger partial charge in [-0.25, -0.2) is 0 Å². The number of carbonyl (C=O) groups is 2. The summed E-state index contributed by atoms with van der Waals surface area (Å²) >= 11 is 0. The first-order valence-corrected chi connectivity index (χ1v) is 12.0. The maximum atomic E-state index is 11.9. The van der Waals surface area contributed by atoms with E-state index in [0.29, 0.717) is 19.6 Å². The minimum atomic E-state index is -0.0789. The van der Waals surface area contributed by atoms with Crippen molar-refractivity contribution in [3.8, 4) is 0 Å². The Morgan fingerprint density at radius 2 is 1.72 bits per heavy atom. The van der Waals surface area contributed by atoms with Crippen LogP contribution in [0.5, 0.6) is 0 Å². The lowest BCUT2D eigenvalue weighted by Crippen LogP contribution is -2.42. The van der Waals surface area contributed by atoms with Gasteiger partial charge in [0.05, 0.1) is 0 Å². The molecule has 0 saturated heterocycles. The van der Waals surface area contributed by atoms with Gasteiger partial charge < -0.3 is 10.6 Å². The molecule has 8 heteroatoms. The Morgan fingerprint density at radius 1 is 1.10 bits per heavy atom. The SMILES string of the molecule is C/C=C\C(C)=C/C=NCC(=O)NCCSSCCNC(=O)C[n+]1ccc(C)cc1. The van der Waals surface area contributed by atoms with Gasteiger partial charge in [0.15, 0.2) is 12.4 Å². The summed E-state index contributed by atoms with van der Waals surface area (Å²) in [5.74, 6) is 1.57. The monoisotopic (exact) mass is 435 g/mol.